The Kier molecular flexibility index (Phi) is 6.97. The molecule has 0 aliphatic heterocycles. The van der Waals surface area contributed by atoms with Gasteiger partial charge in [0.05, 0.1) is 39.2 Å². The highest BCUT2D eigenvalue weighted by Crippen LogP contribution is 2.28. The van der Waals surface area contributed by atoms with Crippen molar-refractivity contribution in [1.29, 1.82) is 0 Å². The molecule has 1 amide bonds. The fourth-order valence-electron chi connectivity index (χ4n) is 5.07. The van der Waals surface area contributed by atoms with Crippen molar-refractivity contribution in [2.75, 3.05) is 12.4 Å². The number of carbonyl (C=O) groups excluding carboxylic acids is 1. The molecule has 10 heteroatoms. The first-order valence-electron chi connectivity index (χ1n) is 12.3. The molecule has 1 aliphatic carbocycles. The summed E-state index contributed by atoms with van der Waals surface area (Å²) in [7, 11) is 1.78. The van der Waals surface area contributed by atoms with Gasteiger partial charge in [0, 0.05) is 25.8 Å². The van der Waals surface area contributed by atoms with Crippen molar-refractivity contribution in [1.82, 2.24) is 24.4 Å². The van der Waals surface area contributed by atoms with Gasteiger partial charge in [0.2, 0.25) is 0 Å². The van der Waals surface area contributed by atoms with Gasteiger partial charge in [-0.15, -0.1) is 0 Å². The molecular formula is C27H28ClFN6O2. The fourth-order valence-corrected chi connectivity index (χ4v) is 5.23. The normalized spacial score (nSPS) is 17.6. The number of hydrogen-bond acceptors (Lipinski definition) is 5. The molecule has 3 heterocycles. The van der Waals surface area contributed by atoms with Crippen LogP contribution in [0.2, 0.25) is 5.02 Å². The number of nitrogens with one attached hydrogen (secondary N) is 2. The average Bonchev–Trinajstić information content (AvgIpc) is 3.16. The zero-order valence-corrected chi connectivity index (χ0v) is 21.4. The summed E-state index contributed by atoms with van der Waals surface area (Å²) < 4.78 is 17.4. The maximum atomic E-state index is 14.2. The Balaban J connectivity index is 1.33. The van der Waals surface area contributed by atoms with Gasteiger partial charge in [-0.2, -0.15) is 0 Å². The van der Waals surface area contributed by atoms with Crippen LogP contribution < -0.4 is 16.3 Å². The number of amides is 1. The lowest BCUT2D eigenvalue weighted by Gasteiger charge is -2.29. The Labute approximate surface area is 218 Å². The molecule has 1 aromatic carbocycles. The van der Waals surface area contributed by atoms with Crippen LogP contribution in [-0.2, 0) is 6.54 Å². The Hall–Kier alpha value is -3.72. The summed E-state index contributed by atoms with van der Waals surface area (Å²) in [5, 5.41) is 6.49. The summed E-state index contributed by atoms with van der Waals surface area (Å²) in [5.74, 6) is 0.354. The number of carbonyl (C=O) groups is 1. The third-order valence-corrected chi connectivity index (χ3v) is 7.28. The first-order chi connectivity index (χ1) is 17.8. The minimum atomic E-state index is -0.390. The van der Waals surface area contributed by atoms with Gasteiger partial charge in [0.15, 0.2) is 0 Å². The zero-order chi connectivity index (χ0) is 26.1. The maximum absolute atomic E-state index is 14.2. The van der Waals surface area contributed by atoms with Crippen molar-refractivity contribution in [3.63, 3.8) is 0 Å². The third-order valence-electron chi connectivity index (χ3n) is 7.07. The van der Waals surface area contributed by atoms with Crippen molar-refractivity contribution in [2.45, 2.75) is 45.2 Å². The number of hydrogen-bond donors (Lipinski definition) is 2. The smallest absolute Gasteiger partial charge is 0.333 e. The molecule has 0 saturated heterocycles. The predicted octanol–water partition coefficient (Wildman–Crippen LogP) is 4.71. The van der Waals surface area contributed by atoms with E-state index in [0.29, 0.717) is 45.4 Å². The van der Waals surface area contributed by atoms with Gasteiger partial charge in [0.1, 0.15) is 11.6 Å². The molecule has 37 heavy (non-hydrogen) atoms. The highest BCUT2D eigenvalue weighted by atomic mass is 35.5. The van der Waals surface area contributed by atoms with Crippen molar-refractivity contribution in [3.8, 4) is 5.69 Å². The van der Waals surface area contributed by atoms with Crippen LogP contribution in [0.3, 0.4) is 0 Å². The molecular weight excluding hydrogens is 495 g/mol. The molecule has 0 bridgehead atoms. The average molecular weight is 523 g/mol. The number of aromatic nitrogens is 4. The van der Waals surface area contributed by atoms with E-state index in [1.807, 2.05) is 6.07 Å². The molecule has 0 spiro atoms. The molecule has 2 N–H and O–H groups in total. The van der Waals surface area contributed by atoms with E-state index in [1.54, 1.807) is 47.5 Å². The summed E-state index contributed by atoms with van der Waals surface area (Å²) in [6, 6.07) is 9.69. The summed E-state index contributed by atoms with van der Waals surface area (Å²) >= 11 is 6.02. The highest BCUT2D eigenvalue weighted by Gasteiger charge is 2.26. The molecule has 1 saturated carbocycles. The Bertz CT molecular complexity index is 1510. The van der Waals surface area contributed by atoms with E-state index in [-0.39, 0.29) is 29.4 Å². The number of fused-ring (bicyclic) bond motifs is 1. The fraction of sp³-hybridized carbons (Fsp3) is 0.333. The van der Waals surface area contributed by atoms with Gasteiger partial charge in [0.25, 0.3) is 5.91 Å². The molecule has 0 atom stereocenters. The Morgan fingerprint density at radius 1 is 1.08 bits per heavy atom. The largest absolute Gasteiger partial charge is 0.373 e. The number of imidazole rings is 1. The SMILES string of the molecule is CNc1ccc(-n2c(=O)n(CC3CCC(NC(=O)c4cc(Cl)cnc4C)CC3)c3cc(F)ccc32)cn1. The molecule has 3 aromatic heterocycles. The monoisotopic (exact) mass is 522 g/mol. The van der Waals surface area contributed by atoms with E-state index < -0.39 is 0 Å². The maximum Gasteiger partial charge on any atom is 0.333 e. The van der Waals surface area contributed by atoms with Crippen molar-refractivity contribution in [2.24, 2.45) is 5.92 Å². The molecule has 8 nitrogen and oxygen atoms in total. The number of halogens is 2. The summed E-state index contributed by atoms with van der Waals surface area (Å²) in [6.45, 7) is 2.26. The highest BCUT2D eigenvalue weighted by molar-refractivity contribution is 6.30. The van der Waals surface area contributed by atoms with E-state index >= 15 is 0 Å². The molecule has 192 valence electrons. The second kappa shape index (κ2) is 10.3. The van der Waals surface area contributed by atoms with Crippen LogP contribution in [0.25, 0.3) is 16.7 Å². The second-order valence-electron chi connectivity index (χ2n) is 9.49. The standard InChI is InChI=1S/C27H28ClFN6O2/c1-16-22(11-18(28)13-31-16)26(36)33-20-6-3-17(4-7-20)15-34-24-12-19(29)5-9-23(24)35(27(34)37)21-8-10-25(30-2)32-14-21/h5,8-14,17,20H,3-4,6-7,15H2,1-2H3,(H,30,32)(H,33,36). The van der Waals surface area contributed by atoms with Gasteiger partial charge >= 0.3 is 5.69 Å². The lowest BCUT2D eigenvalue weighted by atomic mass is 9.85. The van der Waals surface area contributed by atoms with E-state index in [4.69, 9.17) is 11.6 Å². The lowest BCUT2D eigenvalue weighted by Crippen LogP contribution is -2.39. The first kappa shape index (κ1) is 25.0. The molecule has 0 unspecified atom stereocenters. The van der Waals surface area contributed by atoms with Crippen LogP contribution in [0.4, 0.5) is 10.2 Å². The minimum Gasteiger partial charge on any atom is -0.373 e. The number of benzene rings is 1. The Morgan fingerprint density at radius 3 is 2.57 bits per heavy atom. The molecule has 4 aromatic rings. The number of pyridine rings is 2. The van der Waals surface area contributed by atoms with E-state index in [0.717, 1.165) is 25.7 Å². The van der Waals surface area contributed by atoms with Crippen molar-refractivity contribution in [3.05, 3.63) is 81.4 Å². The number of rotatable bonds is 6. The van der Waals surface area contributed by atoms with Gasteiger partial charge in [-0.1, -0.05) is 11.6 Å². The summed E-state index contributed by atoms with van der Waals surface area (Å²) in [6.07, 6.45) is 6.42. The number of nitrogens with zero attached hydrogens (tertiary/aromatic N) is 4. The van der Waals surface area contributed by atoms with Crippen LogP contribution in [0, 0.1) is 18.7 Å². The number of anilines is 1. The van der Waals surface area contributed by atoms with Crippen molar-refractivity contribution >= 4 is 34.4 Å². The molecule has 5 rings (SSSR count). The van der Waals surface area contributed by atoms with Gasteiger partial charge in [-0.05, 0) is 74.9 Å². The van der Waals surface area contributed by atoms with Crippen molar-refractivity contribution < 1.29 is 9.18 Å². The van der Waals surface area contributed by atoms with E-state index in [1.165, 1.54) is 18.3 Å². The topological polar surface area (TPSA) is 93.8 Å². The van der Waals surface area contributed by atoms with Crippen LogP contribution in [0.15, 0.2) is 53.6 Å². The molecule has 1 aliphatic rings. The Morgan fingerprint density at radius 2 is 1.86 bits per heavy atom. The summed E-state index contributed by atoms with van der Waals surface area (Å²) in [5.41, 5.74) is 2.71. The van der Waals surface area contributed by atoms with Crippen LogP contribution >= 0.6 is 11.6 Å². The quantitative estimate of drug-likeness (QED) is 0.382. The molecule has 1 fully saturated rings. The summed E-state index contributed by atoms with van der Waals surface area (Å²) in [4.78, 5) is 34.8. The number of aryl methyl sites for hydroxylation is 1. The van der Waals surface area contributed by atoms with Crippen LogP contribution in [-0.4, -0.2) is 38.1 Å². The van der Waals surface area contributed by atoms with Gasteiger partial charge < -0.3 is 10.6 Å². The van der Waals surface area contributed by atoms with Crippen LogP contribution in [0.5, 0.6) is 0 Å². The lowest BCUT2D eigenvalue weighted by molar-refractivity contribution is 0.0919. The first-order valence-corrected chi connectivity index (χ1v) is 12.7. The minimum absolute atomic E-state index is 0.0365. The van der Waals surface area contributed by atoms with Gasteiger partial charge in [-0.25, -0.2) is 14.2 Å². The van der Waals surface area contributed by atoms with Crippen LogP contribution in [0.1, 0.15) is 41.7 Å². The van der Waals surface area contributed by atoms with E-state index in [2.05, 4.69) is 20.6 Å². The third kappa shape index (κ3) is 5.09. The predicted molar refractivity (Wildman–Crippen MR) is 142 cm³/mol. The second-order valence-corrected chi connectivity index (χ2v) is 9.93. The van der Waals surface area contributed by atoms with Gasteiger partial charge in [-0.3, -0.25) is 18.9 Å². The zero-order valence-electron chi connectivity index (χ0n) is 20.7. The van der Waals surface area contributed by atoms with E-state index in [9.17, 15) is 14.0 Å². The molecule has 0 radical (unpaired) electrons.